The minimum atomic E-state index is 0.392. The summed E-state index contributed by atoms with van der Waals surface area (Å²) in [5, 5.41) is 0. The van der Waals surface area contributed by atoms with E-state index in [9.17, 15) is 0 Å². The van der Waals surface area contributed by atoms with E-state index in [0.29, 0.717) is 18.5 Å². The maximum Gasteiger partial charge on any atom is 0.142 e. The minimum absolute atomic E-state index is 0.392. The molecular weight excluding hydrogens is 172 g/mol. The molecule has 0 saturated carbocycles. The van der Waals surface area contributed by atoms with Gasteiger partial charge in [0.1, 0.15) is 18.5 Å². The summed E-state index contributed by atoms with van der Waals surface area (Å²) in [5.74, 6) is 0. The van der Waals surface area contributed by atoms with Gasteiger partial charge in [0.25, 0.3) is 0 Å². The Bertz CT molecular complexity index is 143. The Morgan fingerprint density at radius 3 is 1.92 bits per heavy atom. The highest BCUT2D eigenvalue weighted by molar-refractivity contribution is 5.63. The molecule has 2 aliphatic heterocycles. The lowest BCUT2D eigenvalue weighted by atomic mass is 10.5. The summed E-state index contributed by atoms with van der Waals surface area (Å²) in [6.45, 7) is 6.37. The van der Waals surface area contributed by atoms with Crippen LogP contribution in [0.1, 0.15) is 0 Å². The van der Waals surface area contributed by atoms with E-state index in [0.717, 1.165) is 26.4 Å². The van der Waals surface area contributed by atoms with E-state index in [4.69, 9.17) is 19.0 Å². The van der Waals surface area contributed by atoms with Gasteiger partial charge in [-0.2, -0.15) is 0 Å². The number of epoxide rings is 2. The first-order valence-electron chi connectivity index (χ1n) is 4.24. The van der Waals surface area contributed by atoms with Crippen molar-refractivity contribution in [2.45, 2.75) is 12.2 Å². The SMILES string of the molecule is C(OCC1CO1)C1CO1.C=CC=O. The molecule has 2 unspecified atom stereocenters. The van der Waals surface area contributed by atoms with Crippen LogP contribution in [-0.2, 0) is 19.0 Å². The molecule has 0 aliphatic carbocycles. The lowest BCUT2D eigenvalue weighted by Crippen LogP contribution is -2.06. The van der Waals surface area contributed by atoms with Crippen molar-refractivity contribution in [2.24, 2.45) is 0 Å². The summed E-state index contributed by atoms with van der Waals surface area (Å²) in [7, 11) is 0. The zero-order chi connectivity index (χ0) is 9.52. The van der Waals surface area contributed by atoms with Crippen LogP contribution in [0.5, 0.6) is 0 Å². The van der Waals surface area contributed by atoms with Gasteiger partial charge in [-0.05, 0) is 6.08 Å². The van der Waals surface area contributed by atoms with E-state index in [1.807, 2.05) is 0 Å². The number of allylic oxidation sites excluding steroid dienone is 1. The van der Waals surface area contributed by atoms with Crippen molar-refractivity contribution in [3.8, 4) is 0 Å². The average molecular weight is 186 g/mol. The molecule has 0 aromatic heterocycles. The third-order valence-electron chi connectivity index (χ3n) is 1.51. The van der Waals surface area contributed by atoms with Crippen LogP contribution in [0.3, 0.4) is 0 Å². The smallest absolute Gasteiger partial charge is 0.142 e. The number of ether oxygens (including phenoxy) is 3. The second-order valence-corrected chi connectivity index (χ2v) is 2.82. The molecule has 0 radical (unpaired) electrons. The number of carbonyl (C=O) groups excluding carboxylic acids is 1. The molecule has 0 amide bonds. The molecule has 2 aliphatic rings. The number of hydrogen-bond acceptors (Lipinski definition) is 4. The van der Waals surface area contributed by atoms with E-state index < -0.39 is 0 Å². The van der Waals surface area contributed by atoms with Crippen molar-refractivity contribution in [1.82, 2.24) is 0 Å². The monoisotopic (exact) mass is 186 g/mol. The third kappa shape index (κ3) is 6.45. The molecule has 2 heterocycles. The van der Waals surface area contributed by atoms with E-state index in [1.165, 1.54) is 6.08 Å². The molecule has 0 N–H and O–H groups in total. The molecule has 0 spiro atoms. The fourth-order valence-corrected chi connectivity index (χ4v) is 0.659. The van der Waals surface area contributed by atoms with Gasteiger partial charge in [0, 0.05) is 0 Å². The van der Waals surface area contributed by atoms with Crippen molar-refractivity contribution >= 4 is 6.29 Å². The summed E-state index contributed by atoms with van der Waals surface area (Å²) in [6.07, 6.45) is 2.62. The summed E-state index contributed by atoms with van der Waals surface area (Å²) >= 11 is 0. The van der Waals surface area contributed by atoms with Crippen molar-refractivity contribution in [3.05, 3.63) is 12.7 Å². The average Bonchev–Trinajstić information content (AvgIpc) is 2.98. The highest BCUT2D eigenvalue weighted by atomic mass is 16.6. The van der Waals surface area contributed by atoms with Gasteiger partial charge in [-0.1, -0.05) is 6.58 Å². The summed E-state index contributed by atoms with van der Waals surface area (Å²) in [4.78, 5) is 9.06. The Hall–Kier alpha value is -0.710. The van der Waals surface area contributed by atoms with Crippen LogP contribution >= 0.6 is 0 Å². The van der Waals surface area contributed by atoms with Crippen LogP contribution < -0.4 is 0 Å². The molecule has 2 rings (SSSR count). The van der Waals surface area contributed by atoms with Crippen LogP contribution in [0.25, 0.3) is 0 Å². The van der Waals surface area contributed by atoms with Crippen molar-refractivity contribution in [2.75, 3.05) is 26.4 Å². The second kappa shape index (κ2) is 5.85. The molecule has 0 bridgehead atoms. The summed E-state index contributed by atoms with van der Waals surface area (Å²) in [6, 6.07) is 0. The number of aldehydes is 1. The summed E-state index contributed by atoms with van der Waals surface area (Å²) in [5.41, 5.74) is 0. The largest absolute Gasteiger partial charge is 0.376 e. The molecule has 4 heteroatoms. The normalized spacial score (nSPS) is 28.3. The zero-order valence-electron chi connectivity index (χ0n) is 7.48. The molecule has 0 aromatic rings. The van der Waals surface area contributed by atoms with Crippen LogP contribution in [0.2, 0.25) is 0 Å². The fraction of sp³-hybridized carbons (Fsp3) is 0.667. The molecule has 4 nitrogen and oxygen atoms in total. The first kappa shape index (κ1) is 10.4. The third-order valence-corrected chi connectivity index (χ3v) is 1.51. The van der Waals surface area contributed by atoms with Gasteiger partial charge in [0.05, 0.1) is 26.4 Å². The molecular formula is C9H14O4. The van der Waals surface area contributed by atoms with E-state index in [2.05, 4.69) is 6.58 Å². The predicted octanol–water partition coefficient (Wildman–Crippen LogP) is 0.172. The molecule has 2 saturated heterocycles. The molecule has 2 fully saturated rings. The second-order valence-electron chi connectivity index (χ2n) is 2.82. The van der Waals surface area contributed by atoms with Crippen LogP contribution in [0.15, 0.2) is 12.7 Å². The van der Waals surface area contributed by atoms with E-state index in [-0.39, 0.29) is 0 Å². The minimum Gasteiger partial charge on any atom is -0.376 e. The van der Waals surface area contributed by atoms with E-state index in [1.54, 1.807) is 0 Å². The quantitative estimate of drug-likeness (QED) is 0.349. The maximum atomic E-state index is 9.06. The Labute approximate surface area is 77.5 Å². The van der Waals surface area contributed by atoms with Crippen LogP contribution in [-0.4, -0.2) is 44.9 Å². The van der Waals surface area contributed by atoms with Crippen LogP contribution in [0.4, 0.5) is 0 Å². The number of rotatable bonds is 5. The van der Waals surface area contributed by atoms with Gasteiger partial charge in [-0.25, -0.2) is 0 Å². The van der Waals surface area contributed by atoms with Gasteiger partial charge >= 0.3 is 0 Å². The summed E-state index contributed by atoms with van der Waals surface area (Å²) < 4.78 is 15.1. The van der Waals surface area contributed by atoms with Gasteiger partial charge < -0.3 is 14.2 Å². The Balaban J connectivity index is 0.000000184. The predicted molar refractivity (Wildman–Crippen MR) is 46.6 cm³/mol. The number of hydrogen-bond donors (Lipinski definition) is 0. The molecule has 0 aromatic carbocycles. The van der Waals surface area contributed by atoms with Gasteiger partial charge in [0.2, 0.25) is 0 Å². The van der Waals surface area contributed by atoms with Gasteiger partial charge in [-0.15, -0.1) is 0 Å². The van der Waals surface area contributed by atoms with Crippen molar-refractivity contribution in [3.63, 3.8) is 0 Å². The van der Waals surface area contributed by atoms with Crippen molar-refractivity contribution < 1.29 is 19.0 Å². The fourth-order valence-electron chi connectivity index (χ4n) is 0.659. The molecule has 13 heavy (non-hydrogen) atoms. The van der Waals surface area contributed by atoms with Crippen molar-refractivity contribution in [1.29, 1.82) is 0 Å². The Morgan fingerprint density at radius 2 is 1.69 bits per heavy atom. The van der Waals surface area contributed by atoms with E-state index >= 15 is 0 Å². The lowest BCUT2D eigenvalue weighted by Gasteiger charge is -1.95. The first-order valence-corrected chi connectivity index (χ1v) is 4.24. The zero-order valence-corrected chi connectivity index (χ0v) is 7.48. The first-order chi connectivity index (χ1) is 6.36. The number of carbonyl (C=O) groups is 1. The highest BCUT2D eigenvalue weighted by Crippen LogP contribution is 2.12. The lowest BCUT2D eigenvalue weighted by molar-refractivity contribution is -0.104. The molecule has 2 atom stereocenters. The highest BCUT2D eigenvalue weighted by Gasteiger charge is 2.26. The van der Waals surface area contributed by atoms with Crippen LogP contribution in [0, 0.1) is 0 Å². The Morgan fingerprint density at radius 1 is 1.31 bits per heavy atom. The molecule has 74 valence electrons. The van der Waals surface area contributed by atoms with Gasteiger partial charge in [0.15, 0.2) is 0 Å². The standard InChI is InChI=1S/C6H10O3.C3H4O/c1(5-3-8-5)7-2-6-4-9-6;1-2-3-4/h5-6H,1-4H2;2-3H,1H2. The Kier molecular flexibility index (Phi) is 4.67. The van der Waals surface area contributed by atoms with Gasteiger partial charge in [-0.3, -0.25) is 4.79 Å². The maximum absolute atomic E-state index is 9.06. The topological polar surface area (TPSA) is 51.4 Å².